The van der Waals surface area contributed by atoms with Crippen molar-refractivity contribution in [3.63, 3.8) is 0 Å². The molecule has 0 aromatic rings. The van der Waals surface area contributed by atoms with Crippen LogP contribution >= 0.6 is 11.8 Å². The SMILES string of the molecule is CSC1CCC(NC(=O)C2(C(=O)O)CC2)CC1. The molecule has 0 spiro atoms. The van der Waals surface area contributed by atoms with Crippen molar-refractivity contribution in [1.82, 2.24) is 5.32 Å². The highest BCUT2D eigenvalue weighted by Gasteiger charge is 2.57. The van der Waals surface area contributed by atoms with Gasteiger partial charge in [0.25, 0.3) is 0 Å². The molecule has 0 aromatic carbocycles. The van der Waals surface area contributed by atoms with Gasteiger partial charge in [-0.25, -0.2) is 0 Å². The molecule has 2 N–H and O–H groups in total. The minimum Gasteiger partial charge on any atom is -0.480 e. The largest absolute Gasteiger partial charge is 0.480 e. The van der Waals surface area contributed by atoms with Crippen LogP contribution in [-0.2, 0) is 9.59 Å². The van der Waals surface area contributed by atoms with Crippen molar-refractivity contribution in [2.75, 3.05) is 6.26 Å². The lowest BCUT2D eigenvalue weighted by Crippen LogP contribution is -2.44. The van der Waals surface area contributed by atoms with Gasteiger partial charge in [-0.05, 0) is 44.8 Å². The van der Waals surface area contributed by atoms with Gasteiger partial charge < -0.3 is 10.4 Å². The molecule has 96 valence electrons. The summed E-state index contributed by atoms with van der Waals surface area (Å²) in [6.45, 7) is 0. The molecule has 2 saturated carbocycles. The summed E-state index contributed by atoms with van der Waals surface area (Å²) in [4.78, 5) is 22.9. The Morgan fingerprint density at radius 3 is 2.24 bits per heavy atom. The predicted octanol–water partition coefficient (Wildman–Crippen LogP) is 1.64. The molecule has 5 heteroatoms. The van der Waals surface area contributed by atoms with Crippen molar-refractivity contribution in [2.24, 2.45) is 5.41 Å². The molecule has 17 heavy (non-hydrogen) atoms. The minimum absolute atomic E-state index is 0.183. The average Bonchev–Trinajstić information content (AvgIpc) is 3.11. The van der Waals surface area contributed by atoms with E-state index in [2.05, 4.69) is 11.6 Å². The number of carboxylic acid groups (broad SMARTS) is 1. The monoisotopic (exact) mass is 257 g/mol. The van der Waals surface area contributed by atoms with Crippen molar-refractivity contribution in [3.8, 4) is 0 Å². The standard InChI is InChI=1S/C12H19NO3S/c1-17-9-4-2-8(3-5-9)13-10(14)12(6-7-12)11(15)16/h8-9H,2-7H2,1H3,(H,13,14)(H,15,16). The third kappa shape index (κ3) is 2.59. The number of thioether (sulfide) groups is 1. The van der Waals surface area contributed by atoms with Gasteiger partial charge >= 0.3 is 5.97 Å². The van der Waals surface area contributed by atoms with Crippen LogP contribution in [0, 0.1) is 5.41 Å². The second-order valence-electron chi connectivity index (χ2n) is 5.07. The van der Waals surface area contributed by atoms with Gasteiger partial charge in [0.2, 0.25) is 5.91 Å². The third-order valence-electron chi connectivity index (χ3n) is 3.94. The Balaban J connectivity index is 1.82. The number of carbonyl (C=O) groups excluding carboxylic acids is 1. The highest BCUT2D eigenvalue weighted by atomic mass is 32.2. The van der Waals surface area contributed by atoms with Crippen LogP contribution in [0.25, 0.3) is 0 Å². The normalized spacial score (nSPS) is 30.6. The van der Waals surface area contributed by atoms with E-state index < -0.39 is 11.4 Å². The number of hydrogen-bond donors (Lipinski definition) is 2. The van der Waals surface area contributed by atoms with Crippen LogP contribution in [0.15, 0.2) is 0 Å². The molecule has 0 unspecified atom stereocenters. The molecule has 1 amide bonds. The summed E-state index contributed by atoms with van der Waals surface area (Å²) in [5, 5.41) is 12.6. The highest BCUT2D eigenvalue weighted by molar-refractivity contribution is 7.99. The highest BCUT2D eigenvalue weighted by Crippen LogP contribution is 2.46. The first kappa shape index (κ1) is 12.7. The summed E-state index contributed by atoms with van der Waals surface area (Å²) in [6.07, 6.45) is 7.30. The summed E-state index contributed by atoms with van der Waals surface area (Å²) in [5.74, 6) is -1.23. The predicted molar refractivity (Wildman–Crippen MR) is 67.0 cm³/mol. The van der Waals surface area contributed by atoms with E-state index in [1.807, 2.05) is 11.8 Å². The Kier molecular flexibility index (Phi) is 3.66. The smallest absolute Gasteiger partial charge is 0.319 e. The van der Waals surface area contributed by atoms with Crippen molar-refractivity contribution < 1.29 is 14.7 Å². The molecule has 2 fully saturated rings. The number of amides is 1. The maximum Gasteiger partial charge on any atom is 0.319 e. The van der Waals surface area contributed by atoms with E-state index in [0.29, 0.717) is 18.1 Å². The van der Waals surface area contributed by atoms with Crippen molar-refractivity contribution in [3.05, 3.63) is 0 Å². The lowest BCUT2D eigenvalue weighted by Gasteiger charge is -2.28. The lowest BCUT2D eigenvalue weighted by molar-refractivity contribution is -0.149. The van der Waals surface area contributed by atoms with Crippen molar-refractivity contribution in [2.45, 2.75) is 49.8 Å². The van der Waals surface area contributed by atoms with Crippen LogP contribution in [0.3, 0.4) is 0 Å². The molecule has 2 rings (SSSR count). The molecular formula is C12H19NO3S. The molecule has 0 aromatic heterocycles. The van der Waals surface area contributed by atoms with E-state index in [-0.39, 0.29) is 11.9 Å². The zero-order valence-electron chi connectivity index (χ0n) is 10.1. The van der Waals surface area contributed by atoms with Gasteiger partial charge in [-0.15, -0.1) is 0 Å². The van der Waals surface area contributed by atoms with Crippen LogP contribution < -0.4 is 5.32 Å². The number of rotatable bonds is 4. The molecule has 2 aliphatic carbocycles. The summed E-state index contributed by atoms with van der Waals surface area (Å²) in [7, 11) is 0. The molecule has 0 radical (unpaired) electrons. The van der Waals surface area contributed by atoms with Crippen LogP contribution in [0.2, 0.25) is 0 Å². The average molecular weight is 257 g/mol. The van der Waals surface area contributed by atoms with Gasteiger partial charge in [0, 0.05) is 11.3 Å². The molecule has 4 nitrogen and oxygen atoms in total. The maximum atomic E-state index is 11.9. The number of carboxylic acids is 1. The van der Waals surface area contributed by atoms with Crippen LogP contribution in [0.4, 0.5) is 0 Å². The van der Waals surface area contributed by atoms with Crippen molar-refractivity contribution in [1.29, 1.82) is 0 Å². The van der Waals surface area contributed by atoms with Gasteiger partial charge in [-0.1, -0.05) is 0 Å². The fourth-order valence-corrected chi connectivity index (χ4v) is 3.17. The molecule has 0 heterocycles. The molecule has 2 aliphatic rings. The van der Waals surface area contributed by atoms with Gasteiger partial charge in [0.15, 0.2) is 0 Å². The first-order valence-electron chi connectivity index (χ1n) is 6.15. The summed E-state index contributed by atoms with van der Waals surface area (Å²) < 4.78 is 0. The number of nitrogens with one attached hydrogen (secondary N) is 1. The first-order chi connectivity index (χ1) is 8.08. The molecule has 0 bridgehead atoms. The molecule has 0 aliphatic heterocycles. The Morgan fingerprint density at radius 1 is 1.24 bits per heavy atom. The Morgan fingerprint density at radius 2 is 1.82 bits per heavy atom. The number of hydrogen-bond acceptors (Lipinski definition) is 3. The summed E-state index contributed by atoms with van der Waals surface area (Å²) in [6, 6.07) is 0.183. The van der Waals surface area contributed by atoms with E-state index >= 15 is 0 Å². The third-order valence-corrected chi connectivity index (χ3v) is 5.07. The Bertz CT molecular complexity index is 320. The van der Waals surface area contributed by atoms with Crippen molar-refractivity contribution >= 4 is 23.6 Å². The lowest BCUT2D eigenvalue weighted by atomic mass is 9.94. The zero-order chi connectivity index (χ0) is 12.5. The molecule has 0 atom stereocenters. The Labute approximate surface area is 106 Å². The fraction of sp³-hybridized carbons (Fsp3) is 0.833. The van der Waals surface area contributed by atoms with E-state index in [0.717, 1.165) is 25.7 Å². The molecule has 0 saturated heterocycles. The second kappa shape index (κ2) is 4.88. The van der Waals surface area contributed by atoms with E-state index in [1.54, 1.807) is 0 Å². The zero-order valence-corrected chi connectivity index (χ0v) is 10.9. The quantitative estimate of drug-likeness (QED) is 0.751. The van der Waals surface area contributed by atoms with Gasteiger partial charge in [0.05, 0.1) is 0 Å². The summed E-state index contributed by atoms with van der Waals surface area (Å²) >= 11 is 1.88. The first-order valence-corrected chi connectivity index (χ1v) is 7.44. The summed E-state index contributed by atoms with van der Waals surface area (Å²) in [5.41, 5.74) is -1.09. The van der Waals surface area contributed by atoms with Gasteiger partial charge in [0.1, 0.15) is 5.41 Å². The second-order valence-corrected chi connectivity index (χ2v) is 6.21. The van der Waals surface area contributed by atoms with Crippen LogP contribution in [0.1, 0.15) is 38.5 Å². The van der Waals surface area contributed by atoms with E-state index in [4.69, 9.17) is 5.11 Å². The minimum atomic E-state index is -1.09. The van der Waals surface area contributed by atoms with Crippen LogP contribution in [0.5, 0.6) is 0 Å². The number of carbonyl (C=O) groups is 2. The maximum absolute atomic E-state index is 11.9. The van der Waals surface area contributed by atoms with Gasteiger partial charge in [-0.2, -0.15) is 11.8 Å². The number of aliphatic carboxylic acids is 1. The fourth-order valence-electron chi connectivity index (χ4n) is 2.43. The van der Waals surface area contributed by atoms with E-state index in [1.165, 1.54) is 0 Å². The van der Waals surface area contributed by atoms with E-state index in [9.17, 15) is 9.59 Å². The van der Waals surface area contributed by atoms with Crippen LogP contribution in [-0.4, -0.2) is 34.5 Å². The topological polar surface area (TPSA) is 66.4 Å². The Hall–Kier alpha value is -0.710. The van der Waals surface area contributed by atoms with Gasteiger partial charge in [-0.3, -0.25) is 9.59 Å². The molecular weight excluding hydrogens is 238 g/mol.